The molecule has 1 saturated carbocycles. The third-order valence-electron chi connectivity index (χ3n) is 7.85. The summed E-state index contributed by atoms with van der Waals surface area (Å²) < 4.78 is 27.5. The van der Waals surface area contributed by atoms with Crippen molar-refractivity contribution in [3.8, 4) is 0 Å². The predicted octanol–water partition coefficient (Wildman–Crippen LogP) is 1.02. The lowest BCUT2D eigenvalue weighted by Gasteiger charge is -2.31. The van der Waals surface area contributed by atoms with Crippen molar-refractivity contribution >= 4 is 33.8 Å². The highest BCUT2D eigenvalue weighted by Crippen LogP contribution is 2.45. The fourth-order valence-electron chi connectivity index (χ4n) is 5.23. The third-order valence-corrected chi connectivity index (χ3v) is 9.71. The molecule has 6 N–H and O–H groups in total. The van der Waals surface area contributed by atoms with Crippen LogP contribution in [0.3, 0.4) is 0 Å². The van der Waals surface area contributed by atoms with Crippen molar-refractivity contribution in [1.29, 1.82) is 0 Å². The van der Waals surface area contributed by atoms with Gasteiger partial charge in [-0.25, -0.2) is 13.2 Å². The minimum absolute atomic E-state index is 0.126. The van der Waals surface area contributed by atoms with Crippen LogP contribution in [0.5, 0.6) is 0 Å². The number of carbonyl (C=O) groups is 4. The van der Waals surface area contributed by atoms with Gasteiger partial charge in [-0.2, -0.15) is 0 Å². The van der Waals surface area contributed by atoms with Crippen LogP contribution in [-0.4, -0.2) is 78.1 Å². The van der Waals surface area contributed by atoms with Crippen LogP contribution in [0.1, 0.15) is 86.0 Å². The maximum absolute atomic E-state index is 13.7. The van der Waals surface area contributed by atoms with Gasteiger partial charge in [0.15, 0.2) is 0 Å². The van der Waals surface area contributed by atoms with E-state index in [2.05, 4.69) is 20.7 Å². The molecule has 1 unspecified atom stereocenters. The molecule has 0 spiro atoms. The molecule has 6 atom stereocenters. The first-order valence-electron chi connectivity index (χ1n) is 14.3. The predicted molar refractivity (Wildman–Crippen MR) is 151 cm³/mol. The minimum Gasteiger partial charge on any atom is -0.339 e. The van der Waals surface area contributed by atoms with E-state index in [-0.39, 0.29) is 25.3 Å². The summed E-state index contributed by atoms with van der Waals surface area (Å²) in [6.45, 7) is 8.87. The number of urea groups is 1. The normalized spacial score (nSPS) is 31.4. The Labute approximate surface area is 237 Å². The summed E-state index contributed by atoms with van der Waals surface area (Å²) in [4.78, 5) is 54.8. The van der Waals surface area contributed by atoms with Crippen LogP contribution in [0.25, 0.3) is 0 Å². The quantitative estimate of drug-likeness (QED) is 0.300. The highest BCUT2D eigenvalue weighted by molar-refractivity contribution is 7.90. The number of nitrogens with one attached hydrogen (secondary N) is 4. The molecule has 13 heteroatoms. The standard InChI is InChI=1S/C27H46N6O6S/c1-6-17(2)40(38,39)32-24(36)27-15-18(27)12-10-8-7-9-11-13-20(29-25(37)31-26(3,4)5)23(35)33-16-19(28)14-21(33)22(34)30-27/h10,12,17-21H,6-9,11,13-16,28H2,1-5H3,(H,30,34)(H,32,36)(H2,29,31,37)/b12-10-/t17?,18-,19-,20+,21+,27-/m1/s1. The average molecular weight is 583 g/mol. The fraction of sp³-hybridized carbons (Fsp3) is 0.778. The molecule has 2 heterocycles. The lowest BCUT2D eigenvalue weighted by molar-refractivity contribution is -0.141. The first kappa shape index (κ1) is 31.9. The van der Waals surface area contributed by atoms with Gasteiger partial charge in [-0.05, 0) is 66.2 Å². The fourth-order valence-corrected chi connectivity index (χ4v) is 6.31. The Morgan fingerprint density at radius 3 is 2.58 bits per heavy atom. The number of allylic oxidation sites excluding steroid dienone is 1. The molecule has 40 heavy (non-hydrogen) atoms. The number of nitrogens with zero attached hydrogens (tertiary/aromatic N) is 1. The van der Waals surface area contributed by atoms with E-state index in [1.165, 1.54) is 11.8 Å². The van der Waals surface area contributed by atoms with Crippen LogP contribution < -0.4 is 26.4 Å². The van der Waals surface area contributed by atoms with E-state index >= 15 is 0 Å². The van der Waals surface area contributed by atoms with Gasteiger partial charge in [0, 0.05) is 24.0 Å². The molecule has 2 aliphatic heterocycles. The summed E-state index contributed by atoms with van der Waals surface area (Å²) in [7, 11) is -3.93. The molecule has 2 fully saturated rings. The number of hydrogen-bond donors (Lipinski definition) is 5. The zero-order chi connectivity index (χ0) is 29.9. The molecule has 5 amide bonds. The van der Waals surface area contributed by atoms with Crippen LogP contribution in [-0.2, 0) is 24.4 Å². The Morgan fingerprint density at radius 2 is 1.93 bits per heavy atom. The Hall–Kier alpha value is -2.67. The Balaban J connectivity index is 1.88. The second kappa shape index (κ2) is 12.5. The number of rotatable bonds is 5. The molecular formula is C27H46N6O6S. The summed E-state index contributed by atoms with van der Waals surface area (Å²) in [6.07, 6.45) is 8.05. The maximum Gasteiger partial charge on any atom is 0.315 e. The van der Waals surface area contributed by atoms with Crippen molar-refractivity contribution in [3.05, 3.63) is 12.2 Å². The number of nitrogens with two attached hydrogens (primary N) is 1. The van der Waals surface area contributed by atoms with Crippen LogP contribution in [0.4, 0.5) is 4.79 Å². The number of fused-ring (bicyclic) bond motifs is 2. The van der Waals surface area contributed by atoms with Gasteiger partial charge in [0.25, 0.3) is 5.91 Å². The zero-order valence-electron chi connectivity index (χ0n) is 24.3. The smallest absolute Gasteiger partial charge is 0.315 e. The van der Waals surface area contributed by atoms with Gasteiger partial charge in [-0.15, -0.1) is 0 Å². The lowest BCUT2D eigenvalue weighted by Crippen LogP contribution is -2.59. The van der Waals surface area contributed by atoms with E-state index < -0.39 is 68.2 Å². The largest absolute Gasteiger partial charge is 0.339 e. The van der Waals surface area contributed by atoms with Crippen LogP contribution in [0.15, 0.2) is 12.2 Å². The number of sulfonamides is 1. The topological polar surface area (TPSA) is 180 Å². The van der Waals surface area contributed by atoms with E-state index in [0.29, 0.717) is 19.3 Å². The van der Waals surface area contributed by atoms with Gasteiger partial charge in [0.2, 0.25) is 21.8 Å². The van der Waals surface area contributed by atoms with Crippen molar-refractivity contribution in [2.45, 2.75) is 120 Å². The van der Waals surface area contributed by atoms with Gasteiger partial charge in [0.05, 0.1) is 5.25 Å². The van der Waals surface area contributed by atoms with E-state index in [1.807, 2.05) is 32.9 Å². The molecule has 0 radical (unpaired) electrons. The maximum atomic E-state index is 13.7. The van der Waals surface area contributed by atoms with Crippen molar-refractivity contribution in [2.75, 3.05) is 6.54 Å². The average Bonchev–Trinajstić information content (AvgIpc) is 3.40. The minimum atomic E-state index is -3.93. The Bertz CT molecular complexity index is 1120. The summed E-state index contributed by atoms with van der Waals surface area (Å²) in [5, 5.41) is 7.62. The summed E-state index contributed by atoms with van der Waals surface area (Å²) in [6, 6.07) is -2.75. The molecule has 1 aliphatic carbocycles. The Morgan fingerprint density at radius 1 is 1.23 bits per heavy atom. The van der Waals surface area contributed by atoms with Crippen molar-refractivity contribution in [1.82, 2.24) is 25.6 Å². The second-order valence-electron chi connectivity index (χ2n) is 12.4. The molecule has 0 bridgehead atoms. The molecule has 0 aromatic carbocycles. The van der Waals surface area contributed by atoms with E-state index in [0.717, 1.165) is 19.3 Å². The third kappa shape index (κ3) is 7.74. The van der Waals surface area contributed by atoms with Gasteiger partial charge < -0.3 is 26.6 Å². The summed E-state index contributed by atoms with van der Waals surface area (Å²) in [5.41, 5.74) is 4.25. The van der Waals surface area contributed by atoms with Crippen molar-refractivity contribution < 1.29 is 27.6 Å². The monoisotopic (exact) mass is 582 g/mol. The van der Waals surface area contributed by atoms with Crippen LogP contribution >= 0.6 is 0 Å². The van der Waals surface area contributed by atoms with E-state index in [9.17, 15) is 27.6 Å². The number of amides is 5. The van der Waals surface area contributed by atoms with Gasteiger partial charge >= 0.3 is 6.03 Å². The van der Waals surface area contributed by atoms with Crippen molar-refractivity contribution in [2.24, 2.45) is 11.7 Å². The molecular weight excluding hydrogens is 536 g/mol. The highest BCUT2D eigenvalue weighted by atomic mass is 32.2. The van der Waals surface area contributed by atoms with Gasteiger partial charge in [-0.3, -0.25) is 19.1 Å². The number of carbonyl (C=O) groups excluding carboxylic acids is 4. The molecule has 1 saturated heterocycles. The van der Waals surface area contributed by atoms with E-state index in [4.69, 9.17) is 5.73 Å². The molecule has 3 rings (SSSR count). The molecule has 226 valence electrons. The Kier molecular flexibility index (Phi) is 9.92. The van der Waals surface area contributed by atoms with Gasteiger partial charge in [0.1, 0.15) is 17.6 Å². The molecule has 3 aliphatic rings. The van der Waals surface area contributed by atoms with Crippen LogP contribution in [0, 0.1) is 5.92 Å². The van der Waals surface area contributed by atoms with Crippen molar-refractivity contribution in [3.63, 3.8) is 0 Å². The summed E-state index contributed by atoms with van der Waals surface area (Å²) in [5.74, 6) is -2.13. The SMILES string of the molecule is CCC(C)S(=O)(=O)NC(=O)[C@@]12C[C@H]1/C=C\CCCCC[C@H](NC(=O)NC(C)(C)C)C(=O)N1C[C@H](N)C[C@H]1C(=O)N2. The number of hydrogen-bond acceptors (Lipinski definition) is 7. The molecule has 0 aromatic rings. The van der Waals surface area contributed by atoms with E-state index in [1.54, 1.807) is 6.92 Å². The first-order chi connectivity index (χ1) is 18.6. The lowest BCUT2D eigenvalue weighted by atomic mass is 10.0. The molecule has 12 nitrogen and oxygen atoms in total. The molecule has 0 aromatic heterocycles. The zero-order valence-corrected chi connectivity index (χ0v) is 25.1. The summed E-state index contributed by atoms with van der Waals surface area (Å²) >= 11 is 0. The first-order valence-corrected chi connectivity index (χ1v) is 15.8. The van der Waals surface area contributed by atoms with Gasteiger partial charge in [-0.1, -0.05) is 31.9 Å². The van der Waals surface area contributed by atoms with Crippen LogP contribution in [0.2, 0.25) is 0 Å². The second-order valence-corrected chi connectivity index (χ2v) is 14.5. The highest BCUT2D eigenvalue weighted by Gasteiger charge is 2.61.